The molecular weight excluding hydrogens is 294 g/mol. The van der Waals surface area contributed by atoms with Crippen molar-refractivity contribution in [1.82, 2.24) is 15.3 Å². The lowest BCUT2D eigenvalue weighted by atomic mass is 10.2. The molecule has 1 aliphatic carbocycles. The van der Waals surface area contributed by atoms with Gasteiger partial charge < -0.3 is 16.0 Å². The van der Waals surface area contributed by atoms with Crippen LogP contribution in [0.25, 0.3) is 0 Å². The Morgan fingerprint density at radius 2 is 1.91 bits per heavy atom. The predicted molar refractivity (Wildman–Crippen MR) is 86.5 cm³/mol. The van der Waals surface area contributed by atoms with Crippen molar-refractivity contribution in [2.45, 2.75) is 25.8 Å². The number of hydrogen-bond acceptors (Lipinski definition) is 5. The maximum atomic E-state index is 12.0. The van der Waals surface area contributed by atoms with Gasteiger partial charge in [0.25, 0.3) is 5.91 Å². The summed E-state index contributed by atoms with van der Waals surface area (Å²) in [4.78, 5) is 31.2. The summed E-state index contributed by atoms with van der Waals surface area (Å²) in [6.45, 7) is 1.45. The molecule has 3 N–H and O–H groups in total. The number of hydrogen-bond donors (Lipinski definition) is 3. The van der Waals surface area contributed by atoms with Crippen molar-refractivity contribution >= 4 is 29.0 Å². The highest BCUT2D eigenvalue weighted by Gasteiger charge is 2.24. The lowest BCUT2D eigenvalue weighted by Gasteiger charge is -2.09. The normalized spacial score (nSPS) is 13.3. The van der Waals surface area contributed by atoms with E-state index < -0.39 is 0 Å². The molecule has 0 atom stereocenters. The third-order valence-electron chi connectivity index (χ3n) is 3.27. The van der Waals surface area contributed by atoms with Crippen molar-refractivity contribution < 1.29 is 9.59 Å². The Bertz CT molecular complexity index is 743. The van der Waals surface area contributed by atoms with Gasteiger partial charge in [0.1, 0.15) is 17.8 Å². The smallest absolute Gasteiger partial charge is 0.270 e. The molecule has 1 fully saturated rings. The number of anilines is 3. The lowest BCUT2D eigenvalue weighted by Crippen LogP contribution is -2.26. The molecule has 0 unspecified atom stereocenters. The highest BCUT2D eigenvalue weighted by Crippen LogP contribution is 2.21. The van der Waals surface area contributed by atoms with Gasteiger partial charge in [-0.25, -0.2) is 9.97 Å². The standard InChI is InChI=1S/C16H17N5O2/c1-10(22)19-12-3-2-4-13(7-12)20-15-8-14(17-9-18-15)16(23)21-11-5-6-11/h2-4,7-9,11H,5-6H2,1H3,(H,19,22)(H,21,23)(H,17,18,20). The van der Waals surface area contributed by atoms with Gasteiger partial charge in [-0.3, -0.25) is 9.59 Å². The van der Waals surface area contributed by atoms with Gasteiger partial charge in [0.15, 0.2) is 0 Å². The first-order valence-corrected chi connectivity index (χ1v) is 7.38. The Balaban J connectivity index is 1.72. The molecule has 7 heteroatoms. The van der Waals surface area contributed by atoms with Gasteiger partial charge in [-0.15, -0.1) is 0 Å². The Morgan fingerprint density at radius 1 is 1.13 bits per heavy atom. The third kappa shape index (κ3) is 4.26. The van der Waals surface area contributed by atoms with Crippen molar-refractivity contribution in [3.63, 3.8) is 0 Å². The van der Waals surface area contributed by atoms with Crippen LogP contribution < -0.4 is 16.0 Å². The van der Waals surface area contributed by atoms with E-state index >= 15 is 0 Å². The highest BCUT2D eigenvalue weighted by atomic mass is 16.2. The van der Waals surface area contributed by atoms with E-state index in [-0.39, 0.29) is 17.9 Å². The second-order valence-electron chi connectivity index (χ2n) is 5.42. The fourth-order valence-electron chi connectivity index (χ4n) is 2.06. The molecule has 1 aliphatic rings. The van der Waals surface area contributed by atoms with Gasteiger partial charge in [-0.05, 0) is 31.0 Å². The zero-order valence-electron chi connectivity index (χ0n) is 12.7. The summed E-state index contributed by atoms with van der Waals surface area (Å²) in [5.41, 5.74) is 1.76. The van der Waals surface area contributed by atoms with Crippen LogP contribution in [0.2, 0.25) is 0 Å². The fraction of sp³-hybridized carbons (Fsp3) is 0.250. The first-order chi connectivity index (χ1) is 11.1. The molecule has 1 aromatic heterocycles. The average molecular weight is 311 g/mol. The van der Waals surface area contributed by atoms with E-state index in [0.717, 1.165) is 18.5 Å². The van der Waals surface area contributed by atoms with E-state index in [2.05, 4.69) is 25.9 Å². The molecule has 23 heavy (non-hydrogen) atoms. The van der Waals surface area contributed by atoms with Gasteiger partial charge >= 0.3 is 0 Å². The molecule has 0 radical (unpaired) electrons. The molecule has 0 spiro atoms. The largest absolute Gasteiger partial charge is 0.348 e. The fourth-order valence-corrected chi connectivity index (χ4v) is 2.06. The van der Waals surface area contributed by atoms with E-state index in [0.29, 0.717) is 17.2 Å². The third-order valence-corrected chi connectivity index (χ3v) is 3.27. The quantitative estimate of drug-likeness (QED) is 0.785. The van der Waals surface area contributed by atoms with Gasteiger partial charge in [0.2, 0.25) is 5.91 Å². The second kappa shape index (κ2) is 6.43. The molecule has 0 bridgehead atoms. The van der Waals surface area contributed by atoms with Crippen molar-refractivity contribution in [3.8, 4) is 0 Å². The maximum absolute atomic E-state index is 12.0. The van der Waals surface area contributed by atoms with Gasteiger partial charge in [-0.1, -0.05) is 6.07 Å². The predicted octanol–water partition coefficient (Wildman–Crippen LogP) is 2.07. The first kappa shape index (κ1) is 15.0. The van der Waals surface area contributed by atoms with Crippen LogP contribution in [0.1, 0.15) is 30.3 Å². The van der Waals surface area contributed by atoms with Gasteiger partial charge in [0.05, 0.1) is 0 Å². The maximum Gasteiger partial charge on any atom is 0.270 e. The van der Waals surface area contributed by atoms with Gasteiger partial charge in [0, 0.05) is 30.4 Å². The van der Waals surface area contributed by atoms with Crippen LogP contribution in [-0.4, -0.2) is 27.8 Å². The number of nitrogens with one attached hydrogen (secondary N) is 3. The van der Waals surface area contributed by atoms with Crippen molar-refractivity contribution in [1.29, 1.82) is 0 Å². The van der Waals surface area contributed by atoms with Crippen LogP contribution in [-0.2, 0) is 4.79 Å². The average Bonchev–Trinajstić information content (AvgIpc) is 3.31. The number of benzene rings is 1. The van der Waals surface area contributed by atoms with Gasteiger partial charge in [-0.2, -0.15) is 0 Å². The minimum atomic E-state index is -0.190. The lowest BCUT2D eigenvalue weighted by molar-refractivity contribution is -0.114. The van der Waals surface area contributed by atoms with E-state index in [1.807, 2.05) is 12.1 Å². The Labute approximate surface area is 133 Å². The number of carbonyl (C=O) groups excluding carboxylic acids is 2. The molecule has 1 saturated carbocycles. The molecule has 0 saturated heterocycles. The van der Waals surface area contributed by atoms with Crippen molar-refractivity contribution in [2.24, 2.45) is 0 Å². The van der Waals surface area contributed by atoms with E-state index in [1.165, 1.54) is 13.3 Å². The molecular formula is C16H17N5O2. The zero-order valence-corrected chi connectivity index (χ0v) is 12.7. The monoisotopic (exact) mass is 311 g/mol. The number of nitrogens with zero attached hydrogens (tertiary/aromatic N) is 2. The molecule has 2 aromatic rings. The second-order valence-corrected chi connectivity index (χ2v) is 5.42. The van der Waals surface area contributed by atoms with E-state index in [1.54, 1.807) is 18.2 Å². The summed E-state index contributed by atoms with van der Waals surface area (Å²) >= 11 is 0. The molecule has 0 aliphatic heterocycles. The van der Waals surface area contributed by atoms with E-state index in [4.69, 9.17) is 0 Å². The van der Waals surface area contributed by atoms with Crippen LogP contribution in [0.5, 0.6) is 0 Å². The molecule has 7 nitrogen and oxygen atoms in total. The SMILES string of the molecule is CC(=O)Nc1cccc(Nc2cc(C(=O)NC3CC3)ncn2)c1. The Hall–Kier alpha value is -2.96. The summed E-state index contributed by atoms with van der Waals surface area (Å²) in [5.74, 6) is 0.189. The Kier molecular flexibility index (Phi) is 4.18. The minimum absolute atomic E-state index is 0.136. The highest BCUT2D eigenvalue weighted by molar-refractivity contribution is 5.93. The molecule has 1 aromatic carbocycles. The summed E-state index contributed by atoms with van der Waals surface area (Å²) in [7, 11) is 0. The number of carbonyl (C=O) groups is 2. The number of amides is 2. The summed E-state index contributed by atoms with van der Waals surface area (Å²) in [5, 5.41) is 8.70. The van der Waals surface area contributed by atoms with Crippen molar-refractivity contribution in [2.75, 3.05) is 10.6 Å². The van der Waals surface area contributed by atoms with Crippen LogP contribution in [0.3, 0.4) is 0 Å². The Morgan fingerprint density at radius 3 is 2.65 bits per heavy atom. The molecule has 118 valence electrons. The topological polar surface area (TPSA) is 96.0 Å². The zero-order chi connectivity index (χ0) is 16.2. The first-order valence-electron chi connectivity index (χ1n) is 7.38. The van der Waals surface area contributed by atoms with E-state index in [9.17, 15) is 9.59 Å². The number of aromatic nitrogens is 2. The molecule has 1 heterocycles. The number of rotatable bonds is 5. The molecule has 3 rings (SSSR count). The summed E-state index contributed by atoms with van der Waals surface area (Å²) < 4.78 is 0. The van der Waals surface area contributed by atoms with Crippen LogP contribution >= 0.6 is 0 Å². The van der Waals surface area contributed by atoms with Crippen LogP contribution in [0, 0.1) is 0 Å². The van der Waals surface area contributed by atoms with Crippen molar-refractivity contribution in [3.05, 3.63) is 42.4 Å². The van der Waals surface area contributed by atoms with Crippen LogP contribution in [0.15, 0.2) is 36.7 Å². The molecule has 2 amide bonds. The minimum Gasteiger partial charge on any atom is -0.348 e. The summed E-state index contributed by atoms with van der Waals surface area (Å²) in [6.07, 6.45) is 3.40. The van der Waals surface area contributed by atoms with Crippen LogP contribution in [0.4, 0.5) is 17.2 Å². The summed E-state index contributed by atoms with van der Waals surface area (Å²) in [6, 6.07) is 9.12.